The van der Waals surface area contributed by atoms with Crippen LogP contribution in [0.4, 0.5) is 4.39 Å². The van der Waals surface area contributed by atoms with Crippen LogP contribution in [-0.4, -0.2) is 27.5 Å². The summed E-state index contributed by atoms with van der Waals surface area (Å²) in [5.74, 6) is -1.89. The summed E-state index contributed by atoms with van der Waals surface area (Å²) in [6, 6.07) is 6.04. The van der Waals surface area contributed by atoms with Crippen LogP contribution in [0.3, 0.4) is 0 Å². The summed E-state index contributed by atoms with van der Waals surface area (Å²) in [6.07, 6.45) is -0.0253. The van der Waals surface area contributed by atoms with Crippen LogP contribution in [0.2, 0.25) is 0 Å². The summed E-state index contributed by atoms with van der Waals surface area (Å²) in [7, 11) is 0. The first-order chi connectivity index (χ1) is 10.3. The Hall–Kier alpha value is -2.28. The SMILES string of the molecule is CC(C)(NC(=O)Cc1csc(-c2cccc(F)c2)n1)C(=O)O. The van der Waals surface area contributed by atoms with E-state index >= 15 is 0 Å². The van der Waals surface area contributed by atoms with E-state index in [1.54, 1.807) is 17.5 Å². The second kappa shape index (κ2) is 6.23. The van der Waals surface area contributed by atoms with Crippen LogP contribution in [0.1, 0.15) is 19.5 Å². The molecule has 5 nitrogen and oxygen atoms in total. The predicted octanol–water partition coefficient (Wildman–Crippen LogP) is 2.47. The number of amides is 1. The van der Waals surface area contributed by atoms with Crippen molar-refractivity contribution >= 4 is 23.2 Å². The molecule has 0 radical (unpaired) electrons. The number of rotatable bonds is 5. The number of aliphatic carboxylic acids is 1. The molecule has 0 bridgehead atoms. The highest BCUT2D eigenvalue weighted by Gasteiger charge is 2.29. The van der Waals surface area contributed by atoms with Crippen LogP contribution >= 0.6 is 11.3 Å². The summed E-state index contributed by atoms with van der Waals surface area (Å²) >= 11 is 1.30. The lowest BCUT2D eigenvalue weighted by molar-refractivity contribution is -0.145. The Balaban J connectivity index is 2.06. The van der Waals surface area contributed by atoms with Gasteiger partial charge < -0.3 is 10.4 Å². The van der Waals surface area contributed by atoms with Crippen molar-refractivity contribution in [3.05, 3.63) is 41.2 Å². The van der Waals surface area contributed by atoms with Gasteiger partial charge in [-0.05, 0) is 26.0 Å². The topological polar surface area (TPSA) is 79.3 Å². The number of carbonyl (C=O) groups excluding carboxylic acids is 1. The number of halogens is 1. The molecule has 2 aromatic rings. The van der Waals surface area contributed by atoms with Gasteiger partial charge >= 0.3 is 5.97 Å². The molecule has 0 unspecified atom stereocenters. The average molecular weight is 322 g/mol. The van der Waals surface area contributed by atoms with Crippen LogP contribution in [0.15, 0.2) is 29.6 Å². The van der Waals surface area contributed by atoms with Gasteiger partial charge in [0.1, 0.15) is 16.4 Å². The van der Waals surface area contributed by atoms with Gasteiger partial charge in [0.15, 0.2) is 0 Å². The maximum absolute atomic E-state index is 13.2. The van der Waals surface area contributed by atoms with Gasteiger partial charge in [-0.25, -0.2) is 14.2 Å². The van der Waals surface area contributed by atoms with E-state index in [0.717, 1.165) is 0 Å². The Morgan fingerprint density at radius 3 is 2.77 bits per heavy atom. The maximum atomic E-state index is 13.2. The van der Waals surface area contributed by atoms with Gasteiger partial charge in [0.05, 0.1) is 12.1 Å². The zero-order valence-electron chi connectivity index (χ0n) is 12.1. The molecule has 1 aromatic heterocycles. The highest BCUT2D eigenvalue weighted by Crippen LogP contribution is 2.24. The molecule has 0 aliphatic carbocycles. The molecule has 1 aromatic carbocycles. The molecule has 0 aliphatic heterocycles. The Labute approximate surface area is 130 Å². The van der Waals surface area contributed by atoms with E-state index in [0.29, 0.717) is 16.3 Å². The van der Waals surface area contributed by atoms with Crippen molar-refractivity contribution in [2.45, 2.75) is 25.8 Å². The zero-order valence-corrected chi connectivity index (χ0v) is 12.9. The van der Waals surface area contributed by atoms with Gasteiger partial charge in [-0.3, -0.25) is 4.79 Å². The predicted molar refractivity (Wildman–Crippen MR) is 81.1 cm³/mol. The summed E-state index contributed by atoms with van der Waals surface area (Å²) in [5.41, 5.74) is -0.177. The molecular weight excluding hydrogens is 307 g/mol. The number of nitrogens with one attached hydrogen (secondary N) is 1. The third-order valence-electron chi connectivity index (χ3n) is 2.95. The average Bonchev–Trinajstić information content (AvgIpc) is 2.86. The molecule has 0 fully saturated rings. The third kappa shape index (κ3) is 3.88. The number of carbonyl (C=O) groups is 2. The number of aromatic nitrogens is 1. The summed E-state index contributed by atoms with van der Waals surface area (Å²) in [6.45, 7) is 2.82. The lowest BCUT2D eigenvalue weighted by atomic mass is 10.1. The molecule has 0 aliphatic rings. The summed E-state index contributed by atoms with van der Waals surface area (Å²) in [4.78, 5) is 27.1. The molecule has 0 saturated carbocycles. The third-order valence-corrected chi connectivity index (χ3v) is 3.89. The van der Waals surface area contributed by atoms with Crippen molar-refractivity contribution in [2.24, 2.45) is 0 Å². The van der Waals surface area contributed by atoms with Crippen molar-refractivity contribution < 1.29 is 19.1 Å². The van der Waals surface area contributed by atoms with Crippen LogP contribution in [0.25, 0.3) is 10.6 Å². The van der Waals surface area contributed by atoms with E-state index < -0.39 is 17.4 Å². The monoisotopic (exact) mass is 322 g/mol. The van der Waals surface area contributed by atoms with Crippen LogP contribution in [0.5, 0.6) is 0 Å². The minimum atomic E-state index is -1.33. The normalized spacial score (nSPS) is 11.2. The first-order valence-corrected chi connectivity index (χ1v) is 7.40. The van der Waals surface area contributed by atoms with Crippen molar-refractivity contribution in [1.82, 2.24) is 10.3 Å². The lowest BCUT2D eigenvalue weighted by Gasteiger charge is -2.20. The number of carboxylic acids is 1. The molecule has 1 heterocycles. The van der Waals surface area contributed by atoms with E-state index in [2.05, 4.69) is 10.3 Å². The van der Waals surface area contributed by atoms with Gasteiger partial charge in [0, 0.05) is 10.9 Å². The lowest BCUT2D eigenvalue weighted by Crippen LogP contribution is -2.50. The molecule has 116 valence electrons. The van der Waals surface area contributed by atoms with Crippen LogP contribution in [0, 0.1) is 5.82 Å². The number of hydrogen-bond acceptors (Lipinski definition) is 4. The molecule has 7 heteroatoms. The summed E-state index contributed by atoms with van der Waals surface area (Å²) in [5, 5.41) is 13.7. The first-order valence-electron chi connectivity index (χ1n) is 6.53. The minimum absolute atomic E-state index is 0.0253. The second-order valence-corrected chi connectivity index (χ2v) is 6.17. The van der Waals surface area contributed by atoms with E-state index in [1.165, 1.54) is 37.3 Å². The fourth-order valence-electron chi connectivity index (χ4n) is 1.75. The molecule has 0 spiro atoms. The molecular formula is C15H15FN2O3S. The Bertz CT molecular complexity index is 712. The fourth-order valence-corrected chi connectivity index (χ4v) is 2.57. The highest BCUT2D eigenvalue weighted by atomic mass is 32.1. The number of benzene rings is 1. The van der Waals surface area contributed by atoms with Crippen LogP contribution < -0.4 is 5.32 Å². The maximum Gasteiger partial charge on any atom is 0.328 e. The van der Waals surface area contributed by atoms with Crippen molar-refractivity contribution in [1.29, 1.82) is 0 Å². The zero-order chi connectivity index (χ0) is 16.3. The van der Waals surface area contributed by atoms with Crippen molar-refractivity contribution in [3.63, 3.8) is 0 Å². The van der Waals surface area contributed by atoms with Crippen molar-refractivity contribution in [3.8, 4) is 10.6 Å². The fraction of sp³-hybridized carbons (Fsp3) is 0.267. The standard InChI is InChI=1S/C15H15FN2O3S/c1-15(2,14(20)21)18-12(19)7-11-8-22-13(17-11)9-4-3-5-10(16)6-9/h3-6,8H,7H2,1-2H3,(H,18,19)(H,20,21). The number of nitrogens with zero attached hydrogens (tertiary/aromatic N) is 1. The van der Waals surface area contributed by atoms with Gasteiger partial charge in [-0.15, -0.1) is 11.3 Å². The largest absolute Gasteiger partial charge is 0.480 e. The van der Waals surface area contributed by atoms with E-state index in [9.17, 15) is 14.0 Å². The smallest absolute Gasteiger partial charge is 0.328 e. The van der Waals surface area contributed by atoms with Gasteiger partial charge in [-0.2, -0.15) is 0 Å². The first kappa shape index (κ1) is 16.1. The van der Waals surface area contributed by atoms with Crippen LogP contribution in [-0.2, 0) is 16.0 Å². The number of hydrogen-bond donors (Lipinski definition) is 2. The molecule has 2 N–H and O–H groups in total. The molecule has 22 heavy (non-hydrogen) atoms. The molecule has 2 rings (SSSR count). The van der Waals surface area contributed by atoms with E-state index in [4.69, 9.17) is 5.11 Å². The van der Waals surface area contributed by atoms with Gasteiger partial charge in [0.2, 0.25) is 5.91 Å². The molecule has 0 atom stereocenters. The Morgan fingerprint density at radius 1 is 1.41 bits per heavy atom. The summed E-state index contributed by atoms with van der Waals surface area (Å²) < 4.78 is 13.2. The van der Waals surface area contributed by atoms with E-state index in [-0.39, 0.29) is 12.2 Å². The van der Waals surface area contributed by atoms with E-state index in [1.807, 2.05) is 0 Å². The second-order valence-electron chi connectivity index (χ2n) is 5.31. The van der Waals surface area contributed by atoms with Crippen molar-refractivity contribution in [2.75, 3.05) is 0 Å². The van der Waals surface area contributed by atoms with Gasteiger partial charge in [0.25, 0.3) is 0 Å². The van der Waals surface area contributed by atoms with Gasteiger partial charge in [-0.1, -0.05) is 12.1 Å². The Morgan fingerprint density at radius 2 is 2.14 bits per heavy atom. The molecule has 1 amide bonds. The quantitative estimate of drug-likeness (QED) is 0.886. The Kier molecular flexibility index (Phi) is 4.56. The number of carboxylic acid groups (broad SMARTS) is 1. The molecule has 0 saturated heterocycles. The minimum Gasteiger partial charge on any atom is -0.480 e. The number of thiazole rings is 1. The highest BCUT2D eigenvalue weighted by molar-refractivity contribution is 7.13.